The summed E-state index contributed by atoms with van der Waals surface area (Å²) >= 11 is 0. The zero-order valence-corrected chi connectivity index (χ0v) is 13.4. The van der Waals surface area contributed by atoms with Crippen LogP contribution in [-0.4, -0.2) is 25.6 Å². The molecule has 0 unspecified atom stereocenters. The normalized spacial score (nSPS) is 21.1. The summed E-state index contributed by atoms with van der Waals surface area (Å²) in [7, 11) is 1.64. The van der Waals surface area contributed by atoms with Gasteiger partial charge in [-0.25, -0.2) is 9.36 Å². The van der Waals surface area contributed by atoms with E-state index in [0.29, 0.717) is 11.9 Å². The van der Waals surface area contributed by atoms with Gasteiger partial charge < -0.3 is 5.32 Å². The number of hydrogen-bond donors (Lipinski definition) is 1. The van der Waals surface area contributed by atoms with Gasteiger partial charge in [0.05, 0.1) is 11.7 Å². The summed E-state index contributed by atoms with van der Waals surface area (Å²) in [5.41, 5.74) is 0.704. The summed E-state index contributed by atoms with van der Waals surface area (Å²) in [6, 6.07) is 7.02. The molecular weight excluding hydrogens is 294 g/mol. The first-order valence-electron chi connectivity index (χ1n) is 7.90. The maximum Gasteiger partial charge on any atom is 0.267 e. The van der Waals surface area contributed by atoms with Gasteiger partial charge in [0.1, 0.15) is 5.82 Å². The largest absolute Gasteiger partial charge is 0.366 e. The van der Waals surface area contributed by atoms with Crippen molar-refractivity contribution in [2.75, 3.05) is 5.32 Å². The van der Waals surface area contributed by atoms with Crippen LogP contribution in [0.4, 0.5) is 5.82 Å². The molecule has 1 saturated carbocycles. The summed E-state index contributed by atoms with van der Waals surface area (Å²) in [4.78, 5) is 23.3. The number of nitrogens with zero attached hydrogens (tertiary/aromatic N) is 4. The Kier molecular flexibility index (Phi) is 4.27. The minimum Gasteiger partial charge on any atom is -0.366 e. The van der Waals surface area contributed by atoms with Gasteiger partial charge in [0, 0.05) is 25.2 Å². The molecule has 0 bridgehead atoms. The average molecular weight is 315 g/mol. The SMILES string of the molecule is Cc1ccc(=O)n(C2CCC(Nc3ccc(=O)n(C)n3)CC2)n1. The van der Waals surface area contributed by atoms with E-state index in [4.69, 9.17) is 0 Å². The van der Waals surface area contributed by atoms with Gasteiger partial charge in [0.2, 0.25) is 0 Å². The minimum atomic E-state index is -0.121. The molecule has 1 fully saturated rings. The lowest BCUT2D eigenvalue weighted by Gasteiger charge is -2.29. The second-order valence-electron chi connectivity index (χ2n) is 6.09. The molecule has 0 aliphatic heterocycles. The van der Waals surface area contributed by atoms with Gasteiger partial charge >= 0.3 is 0 Å². The molecule has 3 rings (SSSR count). The van der Waals surface area contributed by atoms with Crippen molar-refractivity contribution < 1.29 is 0 Å². The molecule has 0 atom stereocenters. The third-order valence-electron chi connectivity index (χ3n) is 4.31. The molecule has 2 heterocycles. The Bertz CT molecular complexity index is 803. The van der Waals surface area contributed by atoms with Crippen LogP contribution < -0.4 is 16.4 Å². The molecule has 0 aromatic carbocycles. The number of nitrogens with one attached hydrogen (secondary N) is 1. The van der Waals surface area contributed by atoms with Crippen molar-refractivity contribution >= 4 is 5.82 Å². The lowest BCUT2D eigenvalue weighted by molar-refractivity contribution is 0.302. The lowest BCUT2D eigenvalue weighted by Crippen LogP contribution is -2.33. The van der Waals surface area contributed by atoms with Gasteiger partial charge in [0.15, 0.2) is 0 Å². The van der Waals surface area contributed by atoms with Crippen molar-refractivity contribution in [3.05, 3.63) is 50.7 Å². The van der Waals surface area contributed by atoms with Gasteiger partial charge in [-0.15, -0.1) is 0 Å². The molecule has 0 spiro atoms. The Hall–Kier alpha value is -2.44. The molecule has 23 heavy (non-hydrogen) atoms. The molecule has 7 nitrogen and oxygen atoms in total. The number of aromatic nitrogens is 4. The zero-order valence-electron chi connectivity index (χ0n) is 13.4. The fraction of sp³-hybridized carbons (Fsp3) is 0.500. The molecular formula is C16H21N5O2. The number of anilines is 1. The predicted molar refractivity (Wildman–Crippen MR) is 87.6 cm³/mol. The maximum atomic E-state index is 12.0. The second kappa shape index (κ2) is 6.36. The van der Waals surface area contributed by atoms with Crippen molar-refractivity contribution in [2.24, 2.45) is 7.05 Å². The van der Waals surface area contributed by atoms with E-state index >= 15 is 0 Å². The first-order chi connectivity index (χ1) is 11.0. The fourth-order valence-electron chi connectivity index (χ4n) is 3.04. The molecule has 0 saturated heterocycles. The monoisotopic (exact) mass is 315 g/mol. The van der Waals surface area contributed by atoms with Crippen LogP contribution in [0, 0.1) is 6.92 Å². The van der Waals surface area contributed by atoms with Crippen molar-refractivity contribution in [1.29, 1.82) is 0 Å². The lowest BCUT2D eigenvalue weighted by atomic mass is 9.91. The van der Waals surface area contributed by atoms with E-state index in [-0.39, 0.29) is 17.2 Å². The summed E-state index contributed by atoms with van der Waals surface area (Å²) in [5, 5.41) is 11.9. The maximum absolute atomic E-state index is 12.0. The third-order valence-corrected chi connectivity index (χ3v) is 4.31. The van der Waals surface area contributed by atoms with Crippen LogP contribution in [0.15, 0.2) is 33.9 Å². The van der Waals surface area contributed by atoms with Gasteiger partial charge in [-0.3, -0.25) is 9.59 Å². The van der Waals surface area contributed by atoms with E-state index in [9.17, 15) is 9.59 Å². The topological polar surface area (TPSA) is 81.8 Å². The molecule has 2 aromatic heterocycles. The number of hydrogen-bond acceptors (Lipinski definition) is 5. The van der Waals surface area contributed by atoms with Crippen LogP contribution >= 0.6 is 0 Å². The Labute approximate surface area is 134 Å². The Morgan fingerprint density at radius 1 is 1.00 bits per heavy atom. The summed E-state index contributed by atoms with van der Waals surface area (Å²) in [6.07, 6.45) is 3.69. The van der Waals surface area contributed by atoms with E-state index in [2.05, 4.69) is 15.5 Å². The molecule has 1 aliphatic rings. The Morgan fingerprint density at radius 3 is 2.39 bits per heavy atom. The van der Waals surface area contributed by atoms with Crippen molar-refractivity contribution in [1.82, 2.24) is 19.6 Å². The van der Waals surface area contributed by atoms with E-state index < -0.39 is 0 Å². The van der Waals surface area contributed by atoms with Crippen LogP contribution in [-0.2, 0) is 7.05 Å². The molecule has 7 heteroatoms. The quantitative estimate of drug-likeness (QED) is 0.921. The van der Waals surface area contributed by atoms with E-state index in [1.165, 1.54) is 10.7 Å². The van der Waals surface area contributed by atoms with Crippen LogP contribution in [0.3, 0.4) is 0 Å². The van der Waals surface area contributed by atoms with Crippen molar-refractivity contribution in [3.63, 3.8) is 0 Å². The van der Waals surface area contributed by atoms with E-state index in [1.54, 1.807) is 29.9 Å². The highest BCUT2D eigenvalue weighted by Crippen LogP contribution is 2.28. The predicted octanol–water partition coefficient (Wildman–Crippen LogP) is 1.24. The Morgan fingerprint density at radius 2 is 1.70 bits per heavy atom. The van der Waals surface area contributed by atoms with Gasteiger partial charge in [-0.2, -0.15) is 10.2 Å². The molecule has 0 radical (unpaired) electrons. The molecule has 1 N–H and O–H groups in total. The van der Waals surface area contributed by atoms with Crippen molar-refractivity contribution in [3.8, 4) is 0 Å². The minimum absolute atomic E-state index is 0.0354. The highest BCUT2D eigenvalue weighted by atomic mass is 16.1. The van der Waals surface area contributed by atoms with Crippen molar-refractivity contribution in [2.45, 2.75) is 44.7 Å². The first kappa shape index (κ1) is 15.5. The molecule has 2 aromatic rings. The van der Waals surface area contributed by atoms with E-state index in [1.807, 2.05) is 6.92 Å². The highest BCUT2D eigenvalue weighted by Gasteiger charge is 2.24. The number of rotatable bonds is 3. The second-order valence-corrected chi connectivity index (χ2v) is 6.09. The summed E-state index contributed by atoms with van der Waals surface area (Å²) < 4.78 is 2.94. The molecule has 1 aliphatic carbocycles. The first-order valence-corrected chi connectivity index (χ1v) is 7.90. The molecule has 0 amide bonds. The van der Waals surface area contributed by atoms with E-state index in [0.717, 1.165) is 31.4 Å². The smallest absolute Gasteiger partial charge is 0.267 e. The van der Waals surface area contributed by atoms with Crippen LogP contribution in [0.25, 0.3) is 0 Å². The van der Waals surface area contributed by atoms with Crippen LogP contribution in [0.1, 0.15) is 37.4 Å². The van der Waals surface area contributed by atoms with Gasteiger partial charge in [0.25, 0.3) is 11.1 Å². The standard InChI is InChI=1S/C16H21N5O2/c1-11-3-9-16(23)21(18-11)13-6-4-12(5-7-13)17-14-8-10-15(22)20(2)19-14/h3,8-10,12-13H,4-7H2,1-2H3,(H,17,19). The third kappa shape index (κ3) is 3.49. The van der Waals surface area contributed by atoms with Gasteiger partial charge in [-0.05, 0) is 44.7 Å². The Balaban J connectivity index is 1.64. The zero-order chi connectivity index (χ0) is 16.4. The summed E-state index contributed by atoms with van der Waals surface area (Å²) in [6.45, 7) is 1.90. The highest BCUT2D eigenvalue weighted by molar-refractivity contribution is 5.33. The van der Waals surface area contributed by atoms with Crippen LogP contribution in [0.5, 0.6) is 0 Å². The number of aryl methyl sites for hydroxylation is 2. The van der Waals surface area contributed by atoms with Gasteiger partial charge in [-0.1, -0.05) is 0 Å². The summed E-state index contributed by atoms with van der Waals surface area (Å²) in [5.74, 6) is 0.710. The molecule has 122 valence electrons. The fourth-order valence-corrected chi connectivity index (χ4v) is 3.04. The average Bonchev–Trinajstić information content (AvgIpc) is 2.54. The van der Waals surface area contributed by atoms with Crippen LogP contribution in [0.2, 0.25) is 0 Å².